The van der Waals surface area contributed by atoms with Crippen molar-refractivity contribution in [3.05, 3.63) is 71.4 Å². The standard InChI is InChI=1S/C27H30ClN5O/c28-23-18-30-25(32-27(34)21-8-5-13-29-17-21)16-22(23)24-9-4-10-26(31-24)33-14-11-20(12-15-33)19-6-2-1-3-7-19/h1-4,6-7,9-10,16,18,20-21,29H,5,8,11-15,17H2,(H,30,32,34)/t21-/m1/s1. The van der Waals surface area contributed by atoms with Gasteiger partial charge in [0, 0.05) is 31.4 Å². The molecule has 6 nitrogen and oxygen atoms in total. The minimum Gasteiger partial charge on any atom is -0.357 e. The zero-order valence-corrected chi connectivity index (χ0v) is 20.0. The van der Waals surface area contributed by atoms with Crippen molar-refractivity contribution in [1.29, 1.82) is 0 Å². The van der Waals surface area contributed by atoms with Crippen LogP contribution in [0.5, 0.6) is 0 Å². The average molecular weight is 476 g/mol. The van der Waals surface area contributed by atoms with Crippen LogP contribution in [0.15, 0.2) is 60.8 Å². The second-order valence-electron chi connectivity index (χ2n) is 9.13. The van der Waals surface area contributed by atoms with E-state index >= 15 is 0 Å². The summed E-state index contributed by atoms with van der Waals surface area (Å²) < 4.78 is 0. The molecule has 7 heteroatoms. The molecule has 1 amide bonds. The van der Waals surface area contributed by atoms with Crippen LogP contribution in [0.25, 0.3) is 11.3 Å². The summed E-state index contributed by atoms with van der Waals surface area (Å²) in [6.07, 6.45) is 5.71. The van der Waals surface area contributed by atoms with Gasteiger partial charge >= 0.3 is 0 Å². The number of halogens is 1. The van der Waals surface area contributed by atoms with Crippen molar-refractivity contribution in [3.8, 4) is 11.3 Å². The SMILES string of the molecule is O=C(Nc1cc(-c2cccc(N3CCC(c4ccccc4)CC3)n2)c(Cl)cn1)[C@@H]1CCCNC1. The van der Waals surface area contributed by atoms with Gasteiger partial charge in [-0.25, -0.2) is 9.97 Å². The van der Waals surface area contributed by atoms with E-state index in [0.717, 1.165) is 62.4 Å². The van der Waals surface area contributed by atoms with Gasteiger partial charge < -0.3 is 15.5 Å². The number of aromatic nitrogens is 2. The van der Waals surface area contributed by atoms with Gasteiger partial charge in [0.15, 0.2) is 0 Å². The van der Waals surface area contributed by atoms with Gasteiger partial charge in [-0.15, -0.1) is 0 Å². The summed E-state index contributed by atoms with van der Waals surface area (Å²) in [7, 11) is 0. The summed E-state index contributed by atoms with van der Waals surface area (Å²) in [5.74, 6) is 2.02. The monoisotopic (exact) mass is 475 g/mol. The van der Waals surface area contributed by atoms with Crippen molar-refractivity contribution in [1.82, 2.24) is 15.3 Å². The van der Waals surface area contributed by atoms with Gasteiger partial charge in [0.2, 0.25) is 5.91 Å². The molecule has 2 aliphatic heterocycles. The second-order valence-corrected chi connectivity index (χ2v) is 9.54. The number of amides is 1. The van der Waals surface area contributed by atoms with Crippen molar-refractivity contribution < 1.29 is 4.79 Å². The quantitative estimate of drug-likeness (QED) is 0.536. The molecule has 2 fully saturated rings. The van der Waals surface area contributed by atoms with Crippen LogP contribution in [0.4, 0.5) is 11.6 Å². The summed E-state index contributed by atoms with van der Waals surface area (Å²) in [4.78, 5) is 24.2. The summed E-state index contributed by atoms with van der Waals surface area (Å²) in [5.41, 5.74) is 2.98. The first kappa shape index (κ1) is 22.8. The molecular formula is C27H30ClN5O. The number of nitrogens with one attached hydrogen (secondary N) is 2. The maximum absolute atomic E-state index is 12.6. The molecule has 1 aromatic carbocycles. The fraction of sp³-hybridized carbons (Fsp3) is 0.370. The molecule has 0 radical (unpaired) electrons. The molecule has 0 saturated carbocycles. The zero-order valence-electron chi connectivity index (χ0n) is 19.2. The number of anilines is 2. The molecule has 34 heavy (non-hydrogen) atoms. The number of pyridine rings is 2. The summed E-state index contributed by atoms with van der Waals surface area (Å²) in [6, 6.07) is 18.6. The molecule has 2 saturated heterocycles. The van der Waals surface area contributed by atoms with Gasteiger partial charge in [0.25, 0.3) is 0 Å². The summed E-state index contributed by atoms with van der Waals surface area (Å²) >= 11 is 6.50. The molecule has 3 aromatic rings. The Hall–Kier alpha value is -2.96. The van der Waals surface area contributed by atoms with E-state index in [0.29, 0.717) is 23.3 Å². The van der Waals surface area contributed by atoms with Crippen molar-refractivity contribution >= 4 is 29.1 Å². The molecule has 0 unspecified atom stereocenters. The summed E-state index contributed by atoms with van der Waals surface area (Å²) in [5, 5.41) is 6.76. The van der Waals surface area contributed by atoms with Crippen molar-refractivity contribution in [3.63, 3.8) is 0 Å². The lowest BCUT2D eigenvalue weighted by molar-refractivity contribution is -0.120. The maximum atomic E-state index is 12.6. The van der Waals surface area contributed by atoms with Gasteiger partial charge in [-0.2, -0.15) is 0 Å². The van der Waals surface area contributed by atoms with Gasteiger partial charge in [-0.05, 0) is 61.9 Å². The number of hydrogen-bond donors (Lipinski definition) is 2. The Labute approximate surface area is 205 Å². The number of piperidine rings is 2. The lowest BCUT2D eigenvalue weighted by Gasteiger charge is -2.33. The van der Waals surface area contributed by atoms with E-state index in [2.05, 4.69) is 56.9 Å². The lowest BCUT2D eigenvalue weighted by Crippen LogP contribution is -2.37. The van der Waals surface area contributed by atoms with Crippen LogP contribution in [0.1, 0.15) is 37.2 Å². The number of rotatable bonds is 5. The number of hydrogen-bond acceptors (Lipinski definition) is 5. The van der Waals surface area contributed by atoms with Crippen LogP contribution in [-0.4, -0.2) is 42.1 Å². The van der Waals surface area contributed by atoms with Crippen molar-refractivity contribution in [2.75, 3.05) is 36.4 Å². The third-order valence-corrected chi connectivity index (χ3v) is 7.18. The number of benzene rings is 1. The molecule has 2 aromatic heterocycles. The highest BCUT2D eigenvalue weighted by molar-refractivity contribution is 6.33. The Kier molecular flexibility index (Phi) is 7.07. The highest BCUT2D eigenvalue weighted by Crippen LogP contribution is 2.32. The molecule has 2 N–H and O–H groups in total. The third kappa shape index (κ3) is 5.24. The Balaban J connectivity index is 1.29. The minimum absolute atomic E-state index is 0.00373. The molecule has 0 spiro atoms. The number of carbonyl (C=O) groups is 1. The molecule has 1 atom stereocenters. The van der Waals surface area contributed by atoms with Crippen LogP contribution < -0.4 is 15.5 Å². The molecule has 4 heterocycles. The fourth-order valence-electron chi connectivity index (χ4n) is 4.92. The van der Waals surface area contributed by atoms with Gasteiger partial charge in [0.1, 0.15) is 11.6 Å². The predicted octanol–water partition coefficient (Wildman–Crippen LogP) is 5.12. The van der Waals surface area contributed by atoms with E-state index in [-0.39, 0.29) is 11.8 Å². The van der Waals surface area contributed by atoms with E-state index < -0.39 is 0 Å². The Morgan fingerprint density at radius 1 is 1.06 bits per heavy atom. The van der Waals surface area contributed by atoms with E-state index in [1.54, 1.807) is 6.20 Å². The highest BCUT2D eigenvalue weighted by atomic mass is 35.5. The van der Waals surface area contributed by atoms with Crippen LogP contribution in [0.3, 0.4) is 0 Å². The van der Waals surface area contributed by atoms with Crippen molar-refractivity contribution in [2.45, 2.75) is 31.6 Å². The Bertz CT molecular complexity index is 1120. The first-order valence-electron chi connectivity index (χ1n) is 12.1. The third-order valence-electron chi connectivity index (χ3n) is 6.87. The average Bonchev–Trinajstić information content (AvgIpc) is 2.91. The van der Waals surface area contributed by atoms with Crippen LogP contribution >= 0.6 is 11.6 Å². The number of nitrogens with zero attached hydrogens (tertiary/aromatic N) is 3. The van der Waals surface area contributed by atoms with Crippen LogP contribution in [-0.2, 0) is 4.79 Å². The molecular weight excluding hydrogens is 446 g/mol. The zero-order chi connectivity index (χ0) is 23.3. The normalized spacial score (nSPS) is 19.1. The largest absolute Gasteiger partial charge is 0.357 e. The molecule has 176 valence electrons. The van der Waals surface area contributed by atoms with Gasteiger partial charge in [0.05, 0.1) is 16.6 Å². The van der Waals surface area contributed by atoms with Gasteiger partial charge in [-0.3, -0.25) is 4.79 Å². The predicted molar refractivity (Wildman–Crippen MR) is 137 cm³/mol. The first-order valence-corrected chi connectivity index (χ1v) is 12.5. The van der Waals surface area contributed by atoms with Crippen molar-refractivity contribution in [2.24, 2.45) is 5.92 Å². The minimum atomic E-state index is -0.0325. The number of carbonyl (C=O) groups excluding carboxylic acids is 1. The lowest BCUT2D eigenvalue weighted by atomic mass is 9.89. The van der Waals surface area contributed by atoms with Gasteiger partial charge in [-0.1, -0.05) is 48.0 Å². The Morgan fingerprint density at radius 2 is 1.88 bits per heavy atom. The molecule has 0 bridgehead atoms. The Morgan fingerprint density at radius 3 is 2.65 bits per heavy atom. The smallest absolute Gasteiger partial charge is 0.229 e. The van der Waals surface area contributed by atoms with E-state index in [1.807, 2.05) is 18.2 Å². The topological polar surface area (TPSA) is 70.2 Å². The molecule has 5 rings (SSSR count). The van der Waals surface area contributed by atoms with E-state index in [1.165, 1.54) is 5.56 Å². The highest BCUT2D eigenvalue weighted by Gasteiger charge is 2.23. The van der Waals surface area contributed by atoms with E-state index in [9.17, 15) is 4.79 Å². The molecule has 0 aliphatic carbocycles. The fourth-order valence-corrected chi connectivity index (χ4v) is 5.12. The van der Waals surface area contributed by atoms with Crippen LogP contribution in [0, 0.1) is 5.92 Å². The maximum Gasteiger partial charge on any atom is 0.229 e. The summed E-state index contributed by atoms with van der Waals surface area (Å²) in [6.45, 7) is 3.61. The van der Waals surface area contributed by atoms with E-state index in [4.69, 9.17) is 16.6 Å². The van der Waals surface area contributed by atoms with Crippen LogP contribution in [0.2, 0.25) is 5.02 Å². The second kappa shape index (κ2) is 10.5. The first-order chi connectivity index (χ1) is 16.7. The molecule has 2 aliphatic rings.